The second-order valence-corrected chi connectivity index (χ2v) is 11.0. The number of nitro groups is 1. The fraction of sp³-hybridized carbons (Fsp3) is 0.429. The smallest absolute Gasteiger partial charge is 0.335 e. The van der Waals surface area contributed by atoms with E-state index >= 15 is 0 Å². The summed E-state index contributed by atoms with van der Waals surface area (Å²) in [6, 6.07) is 13.0. The minimum Gasteiger partial charge on any atom is -0.484 e. The monoisotopic (exact) mass is 566 g/mol. The molecule has 2 amide bonds. The van der Waals surface area contributed by atoms with Crippen LogP contribution in [0.5, 0.6) is 5.75 Å². The number of aliphatic imine (C=N–C) groups is 1. The van der Waals surface area contributed by atoms with Crippen molar-refractivity contribution in [2.45, 2.75) is 62.2 Å². The van der Waals surface area contributed by atoms with Gasteiger partial charge in [0.05, 0.1) is 16.7 Å². The van der Waals surface area contributed by atoms with Crippen LogP contribution in [0, 0.1) is 10.1 Å². The molecule has 1 N–H and O–H groups in total. The Kier molecular flexibility index (Phi) is 8.63. The van der Waals surface area contributed by atoms with Gasteiger partial charge in [0.2, 0.25) is 5.91 Å². The van der Waals surface area contributed by atoms with Gasteiger partial charge < -0.3 is 19.7 Å². The van der Waals surface area contributed by atoms with Crippen LogP contribution in [-0.4, -0.2) is 69.2 Å². The average molecular weight is 567 g/mol. The molecule has 210 valence electrons. The average Bonchev–Trinajstić information content (AvgIpc) is 2.98. The molecule has 2 heterocycles. The van der Waals surface area contributed by atoms with Crippen LogP contribution in [0.1, 0.15) is 37.7 Å². The minimum atomic E-state index is -0.979. The second-order valence-electron chi connectivity index (χ2n) is 9.94. The number of para-hydroxylation sites is 1. The Morgan fingerprint density at radius 2 is 1.80 bits per heavy atom. The van der Waals surface area contributed by atoms with Crippen LogP contribution < -0.4 is 10.1 Å². The Hall–Kier alpha value is -3.93. The number of nitrogens with one attached hydrogen (secondary N) is 1. The number of ether oxygens (including phenoxy) is 2. The van der Waals surface area contributed by atoms with Gasteiger partial charge in [-0.2, -0.15) is 0 Å². The summed E-state index contributed by atoms with van der Waals surface area (Å²) >= 11 is 1.47. The van der Waals surface area contributed by atoms with Gasteiger partial charge in [0.1, 0.15) is 23.8 Å². The molecule has 12 heteroatoms. The van der Waals surface area contributed by atoms with Crippen molar-refractivity contribution in [2.24, 2.45) is 4.99 Å². The van der Waals surface area contributed by atoms with E-state index in [1.165, 1.54) is 47.3 Å². The topological polar surface area (TPSA) is 140 Å². The molecule has 0 radical (unpaired) electrons. The van der Waals surface area contributed by atoms with Crippen molar-refractivity contribution in [3.8, 4) is 5.75 Å². The van der Waals surface area contributed by atoms with Gasteiger partial charge in [0, 0.05) is 17.9 Å². The summed E-state index contributed by atoms with van der Waals surface area (Å²) < 4.78 is 11.1. The van der Waals surface area contributed by atoms with Crippen molar-refractivity contribution in [1.29, 1.82) is 0 Å². The highest BCUT2D eigenvalue weighted by molar-refractivity contribution is 8.00. The first kappa shape index (κ1) is 27.6. The summed E-state index contributed by atoms with van der Waals surface area (Å²) in [4.78, 5) is 56.0. The predicted octanol–water partition coefficient (Wildman–Crippen LogP) is 3.26. The highest BCUT2D eigenvalue weighted by Crippen LogP contribution is 2.38. The third kappa shape index (κ3) is 6.27. The van der Waals surface area contributed by atoms with Crippen LogP contribution in [0.4, 0.5) is 5.69 Å². The van der Waals surface area contributed by atoms with Crippen LogP contribution in [0.15, 0.2) is 59.6 Å². The van der Waals surface area contributed by atoms with Crippen LogP contribution in [0.25, 0.3) is 0 Å². The maximum atomic E-state index is 13.4. The molecule has 1 saturated carbocycles. The van der Waals surface area contributed by atoms with E-state index in [4.69, 9.17) is 14.5 Å². The van der Waals surface area contributed by atoms with Crippen LogP contribution in [-0.2, 0) is 25.7 Å². The number of rotatable bonds is 9. The van der Waals surface area contributed by atoms with Crippen molar-refractivity contribution < 1.29 is 28.8 Å². The van der Waals surface area contributed by atoms with E-state index < -0.39 is 34.3 Å². The molecule has 3 aliphatic rings. The van der Waals surface area contributed by atoms with Gasteiger partial charge in [-0.15, -0.1) is 11.8 Å². The SMILES string of the molecule is O=C(COc1ccccc1)N[C@@H]1C(=O)N2C(C(=O)OCc3ccc([N+](=O)[O-])cc3)C(=NC3CCCCC3)CS[C@@H]12. The Morgan fingerprint density at radius 1 is 1.07 bits per heavy atom. The molecule has 5 rings (SSSR count). The molecule has 40 heavy (non-hydrogen) atoms. The Labute approximate surface area is 235 Å². The lowest BCUT2D eigenvalue weighted by molar-refractivity contribution is -0.384. The molecule has 2 aromatic rings. The first-order chi connectivity index (χ1) is 19.4. The maximum absolute atomic E-state index is 13.4. The lowest BCUT2D eigenvalue weighted by Crippen LogP contribution is -2.76. The highest BCUT2D eigenvalue weighted by Gasteiger charge is 2.57. The molecular formula is C28H30N4O7S. The first-order valence-corrected chi connectivity index (χ1v) is 14.3. The normalized spacial score (nSPS) is 23.6. The number of esters is 1. The van der Waals surface area contributed by atoms with Gasteiger partial charge in [-0.1, -0.05) is 37.5 Å². The van der Waals surface area contributed by atoms with E-state index in [0.29, 0.717) is 22.8 Å². The van der Waals surface area contributed by atoms with Gasteiger partial charge in [0.15, 0.2) is 12.6 Å². The number of β-lactam (4-membered cyclic amide) rings is 1. The summed E-state index contributed by atoms with van der Waals surface area (Å²) in [5.74, 6) is -0.426. The zero-order valence-corrected chi connectivity index (χ0v) is 22.6. The van der Waals surface area contributed by atoms with E-state index in [9.17, 15) is 24.5 Å². The fourth-order valence-electron chi connectivity index (χ4n) is 5.11. The quantitative estimate of drug-likeness (QED) is 0.211. The summed E-state index contributed by atoms with van der Waals surface area (Å²) in [5.41, 5.74) is 1.13. The summed E-state index contributed by atoms with van der Waals surface area (Å²) in [6.45, 7) is -0.332. The molecule has 2 saturated heterocycles. The van der Waals surface area contributed by atoms with Gasteiger partial charge in [-0.05, 0) is 42.7 Å². The molecule has 2 aromatic carbocycles. The number of carbonyl (C=O) groups excluding carboxylic acids is 3. The number of non-ortho nitro benzene ring substituents is 1. The van der Waals surface area contributed by atoms with Crippen molar-refractivity contribution in [3.05, 3.63) is 70.3 Å². The first-order valence-electron chi connectivity index (χ1n) is 13.3. The standard InChI is InChI=1S/C28H30N4O7S/c33-23(16-38-21-9-5-2-6-10-21)30-24-26(34)31-25(22(17-40-27(24)31)29-19-7-3-1-4-8-19)28(35)39-15-18-11-13-20(14-12-18)32(36)37/h2,5-6,9-14,19,24-25,27H,1,3-4,7-8,15-17H2,(H,30,33)/t24-,25?,27+/m1/s1. The molecular weight excluding hydrogens is 536 g/mol. The van der Waals surface area contributed by atoms with Crippen molar-refractivity contribution in [3.63, 3.8) is 0 Å². The van der Waals surface area contributed by atoms with E-state index in [-0.39, 0.29) is 30.9 Å². The lowest BCUT2D eigenvalue weighted by Gasteiger charge is -2.52. The third-order valence-electron chi connectivity index (χ3n) is 7.18. The Morgan fingerprint density at radius 3 is 2.50 bits per heavy atom. The number of amides is 2. The predicted molar refractivity (Wildman–Crippen MR) is 148 cm³/mol. The van der Waals surface area contributed by atoms with E-state index in [1.54, 1.807) is 24.3 Å². The van der Waals surface area contributed by atoms with Gasteiger partial charge in [0.25, 0.3) is 11.6 Å². The number of carbonyl (C=O) groups is 3. The molecule has 1 aliphatic carbocycles. The van der Waals surface area contributed by atoms with E-state index in [2.05, 4.69) is 5.32 Å². The summed E-state index contributed by atoms with van der Waals surface area (Å²) in [5, 5.41) is 13.2. The molecule has 0 spiro atoms. The number of benzene rings is 2. The number of hydrogen-bond donors (Lipinski definition) is 1. The van der Waals surface area contributed by atoms with E-state index in [1.807, 2.05) is 6.07 Å². The molecule has 0 bridgehead atoms. The van der Waals surface area contributed by atoms with Crippen LogP contribution in [0.2, 0.25) is 0 Å². The zero-order valence-electron chi connectivity index (χ0n) is 21.8. The largest absolute Gasteiger partial charge is 0.484 e. The van der Waals surface area contributed by atoms with Crippen molar-refractivity contribution in [2.75, 3.05) is 12.4 Å². The molecule has 3 fully saturated rings. The maximum Gasteiger partial charge on any atom is 0.335 e. The molecule has 3 atom stereocenters. The van der Waals surface area contributed by atoms with Gasteiger partial charge in [-0.3, -0.25) is 24.7 Å². The van der Waals surface area contributed by atoms with Crippen molar-refractivity contribution >= 4 is 40.9 Å². The Bertz CT molecular complexity index is 1280. The molecule has 11 nitrogen and oxygen atoms in total. The molecule has 1 unspecified atom stereocenters. The summed E-state index contributed by atoms with van der Waals surface area (Å²) in [6.07, 6.45) is 5.20. The number of nitrogens with zero attached hydrogens (tertiary/aromatic N) is 3. The fourth-order valence-corrected chi connectivity index (χ4v) is 6.45. The second kappa shape index (κ2) is 12.5. The van der Waals surface area contributed by atoms with Crippen molar-refractivity contribution in [1.82, 2.24) is 10.2 Å². The van der Waals surface area contributed by atoms with Gasteiger partial charge in [-0.25, -0.2) is 4.79 Å². The summed E-state index contributed by atoms with van der Waals surface area (Å²) in [7, 11) is 0. The van der Waals surface area contributed by atoms with Gasteiger partial charge >= 0.3 is 5.97 Å². The number of fused-ring (bicyclic) bond motifs is 1. The number of thioether (sulfide) groups is 1. The van der Waals surface area contributed by atoms with Crippen LogP contribution >= 0.6 is 11.8 Å². The van der Waals surface area contributed by atoms with Crippen LogP contribution in [0.3, 0.4) is 0 Å². The minimum absolute atomic E-state index is 0.0578. The number of hydrogen-bond acceptors (Lipinski definition) is 9. The molecule has 0 aromatic heterocycles. The zero-order chi connectivity index (χ0) is 28.1. The highest BCUT2D eigenvalue weighted by atomic mass is 32.2. The van der Waals surface area contributed by atoms with E-state index in [0.717, 1.165) is 25.7 Å². The number of nitro benzene ring substituents is 1. The Balaban J connectivity index is 1.26. The molecule has 2 aliphatic heterocycles. The third-order valence-corrected chi connectivity index (χ3v) is 8.48. The lowest BCUT2D eigenvalue weighted by atomic mass is 9.95.